The van der Waals surface area contributed by atoms with Crippen LogP contribution in [0.3, 0.4) is 0 Å². The Morgan fingerprint density at radius 3 is 2.45 bits per heavy atom. The molecule has 3 aromatic rings. The van der Waals surface area contributed by atoms with Gasteiger partial charge in [0.05, 0.1) is 23.2 Å². The summed E-state index contributed by atoms with van der Waals surface area (Å²) in [6, 6.07) is 10.9. The summed E-state index contributed by atoms with van der Waals surface area (Å²) >= 11 is 1.03. The van der Waals surface area contributed by atoms with Gasteiger partial charge >= 0.3 is 0 Å². The van der Waals surface area contributed by atoms with Crippen molar-refractivity contribution in [3.8, 4) is 17.1 Å². The first-order chi connectivity index (χ1) is 14.5. The number of aromatic nitrogens is 3. The van der Waals surface area contributed by atoms with Crippen LogP contribution in [0, 0.1) is 5.82 Å². The van der Waals surface area contributed by atoms with Gasteiger partial charge in [0.2, 0.25) is 0 Å². The fourth-order valence-electron chi connectivity index (χ4n) is 2.74. The molecule has 0 aliphatic rings. The first kappa shape index (κ1) is 23.0. The molecule has 1 heterocycles. The Labute approximate surface area is 184 Å². The molecule has 2 aromatic carbocycles. The van der Waals surface area contributed by atoms with Crippen molar-refractivity contribution in [2.24, 2.45) is 0 Å². The molecule has 0 saturated heterocycles. The van der Waals surface area contributed by atoms with E-state index in [1.54, 1.807) is 33.1 Å². The molecule has 1 aromatic heterocycles. The number of halogens is 1. The molecule has 0 fully saturated rings. The van der Waals surface area contributed by atoms with Crippen LogP contribution in [0.4, 0.5) is 4.39 Å². The Morgan fingerprint density at radius 2 is 1.87 bits per heavy atom. The summed E-state index contributed by atoms with van der Waals surface area (Å²) in [4.78, 5) is 17.3. The normalized spacial score (nSPS) is 12.0. The largest absolute Gasteiger partial charge is 0.497 e. The van der Waals surface area contributed by atoms with Crippen molar-refractivity contribution >= 4 is 27.4 Å². The number of aromatic amines is 1. The van der Waals surface area contributed by atoms with Crippen LogP contribution in [-0.2, 0) is 21.1 Å². The summed E-state index contributed by atoms with van der Waals surface area (Å²) in [6.07, 6.45) is 1.01. The molecular weight excluding hydrogens is 441 g/mol. The first-order valence-corrected chi connectivity index (χ1v) is 12.0. The minimum absolute atomic E-state index is 0.00774. The lowest BCUT2D eigenvalue weighted by atomic mass is 10.1. The molecule has 0 aliphatic carbocycles. The molecule has 164 valence electrons. The second-order valence-electron chi connectivity index (χ2n) is 7.41. The Balaban J connectivity index is 1.71. The minimum Gasteiger partial charge on any atom is -0.497 e. The standard InChI is InChI=1S/C21H22FN3O4S2/c1-21(2,30-17-10-9-15(11-16(17)22)31(4,27)28)18(26)12-19-23-20(25-24-19)13-5-7-14(29-3)8-6-13/h5-11H,12H2,1-4H3,(H,23,24,25). The van der Waals surface area contributed by atoms with E-state index in [2.05, 4.69) is 15.2 Å². The van der Waals surface area contributed by atoms with Crippen LogP contribution in [0.2, 0.25) is 0 Å². The smallest absolute Gasteiger partial charge is 0.181 e. The van der Waals surface area contributed by atoms with Crippen molar-refractivity contribution in [2.45, 2.75) is 34.8 Å². The van der Waals surface area contributed by atoms with Gasteiger partial charge in [-0.15, -0.1) is 11.8 Å². The van der Waals surface area contributed by atoms with Crippen LogP contribution in [0.5, 0.6) is 5.75 Å². The number of carbonyl (C=O) groups excluding carboxylic acids is 1. The van der Waals surface area contributed by atoms with Crippen molar-refractivity contribution < 1.29 is 22.3 Å². The van der Waals surface area contributed by atoms with Crippen LogP contribution in [-0.4, -0.2) is 47.5 Å². The average molecular weight is 464 g/mol. The first-order valence-electron chi connectivity index (χ1n) is 9.27. The van der Waals surface area contributed by atoms with Crippen LogP contribution >= 0.6 is 11.8 Å². The Bertz CT molecular complexity index is 1210. The molecule has 10 heteroatoms. The number of ketones is 1. The zero-order valence-electron chi connectivity index (χ0n) is 17.5. The number of H-pyrrole nitrogens is 1. The lowest BCUT2D eigenvalue weighted by Gasteiger charge is -2.22. The summed E-state index contributed by atoms with van der Waals surface area (Å²) in [7, 11) is -1.93. The lowest BCUT2D eigenvalue weighted by molar-refractivity contribution is -0.120. The Kier molecular flexibility index (Phi) is 6.51. The van der Waals surface area contributed by atoms with Gasteiger partial charge in [0.15, 0.2) is 21.4 Å². The van der Waals surface area contributed by atoms with Gasteiger partial charge in [-0.1, -0.05) is 0 Å². The highest BCUT2D eigenvalue weighted by Crippen LogP contribution is 2.36. The van der Waals surface area contributed by atoms with Crippen LogP contribution < -0.4 is 4.74 Å². The van der Waals surface area contributed by atoms with E-state index in [4.69, 9.17) is 4.74 Å². The van der Waals surface area contributed by atoms with Gasteiger partial charge in [0, 0.05) is 16.7 Å². The zero-order valence-corrected chi connectivity index (χ0v) is 19.1. The molecule has 7 nitrogen and oxygen atoms in total. The Morgan fingerprint density at radius 1 is 1.19 bits per heavy atom. The zero-order chi connectivity index (χ0) is 22.8. The van der Waals surface area contributed by atoms with E-state index in [0.29, 0.717) is 17.4 Å². The van der Waals surface area contributed by atoms with Gasteiger partial charge in [-0.05, 0) is 56.3 Å². The highest BCUT2D eigenvalue weighted by Gasteiger charge is 2.31. The average Bonchev–Trinajstić information content (AvgIpc) is 3.17. The van der Waals surface area contributed by atoms with Gasteiger partial charge in [-0.3, -0.25) is 9.89 Å². The second kappa shape index (κ2) is 8.80. The lowest BCUT2D eigenvalue weighted by Crippen LogP contribution is -2.30. The number of hydrogen-bond acceptors (Lipinski definition) is 7. The third kappa shape index (κ3) is 5.50. The highest BCUT2D eigenvalue weighted by atomic mass is 32.2. The van der Waals surface area contributed by atoms with Gasteiger partial charge in [0.25, 0.3) is 0 Å². The number of hydrogen-bond donors (Lipinski definition) is 1. The third-order valence-corrected chi connectivity index (χ3v) is 6.98. The summed E-state index contributed by atoms with van der Waals surface area (Å²) in [6.45, 7) is 3.37. The van der Waals surface area contributed by atoms with Crippen molar-refractivity contribution in [3.63, 3.8) is 0 Å². The summed E-state index contributed by atoms with van der Waals surface area (Å²) in [5, 5.41) is 6.93. The summed E-state index contributed by atoms with van der Waals surface area (Å²) < 4.78 is 41.7. The molecule has 1 N–H and O–H groups in total. The van der Waals surface area contributed by atoms with Crippen molar-refractivity contribution in [2.75, 3.05) is 13.4 Å². The maximum absolute atomic E-state index is 14.4. The topological polar surface area (TPSA) is 102 Å². The van der Waals surface area contributed by atoms with Crippen molar-refractivity contribution in [1.82, 2.24) is 15.2 Å². The molecule has 0 radical (unpaired) electrons. The van der Waals surface area contributed by atoms with E-state index in [0.717, 1.165) is 29.6 Å². The van der Waals surface area contributed by atoms with Gasteiger partial charge in [-0.25, -0.2) is 17.8 Å². The molecule has 0 amide bonds. The van der Waals surface area contributed by atoms with E-state index >= 15 is 0 Å². The number of thioether (sulfide) groups is 1. The SMILES string of the molecule is COc1ccc(-c2n[nH]c(CC(=O)C(C)(C)Sc3ccc(S(C)(=O)=O)cc3F)n2)cc1. The maximum atomic E-state index is 14.4. The van der Waals surface area contributed by atoms with Crippen LogP contribution in [0.25, 0.3) is 11.4 Å². The second-order valence-corrected chi connectivity index (χ2v) is 11.1. The molecular formula is C21H22FN3O4S2. The van der Waals surface area contributed by atoms with E-state index in [9.17, 15) is 17.6 Å². The number of benzene rings is 2. The molecule has 0 aliphatic heterocycles. The fraction of sp³-hybridized carbons (Fsp3) is 0.286. The number of methoxy groups -OCH3 is 1. The van der Waals surface area contributed by atoms with Gasteiger partial charge < -0.3 is 4.74 Å². The molecule has 3 rings (SSSR count). The number of carbonyl (C=O) groups is 1. The predicted molar refractivity (Wildman–Crippen MR) is 117 cm³/mol. The molecule has 31 heavy (non-hydrogen) atoms. The van der Waals surface area contributed by atoms with E-state index in [1.165, 1.54) is 12.1 Å². The molecule has 0 unspecified atom stereocenters. The third-order valence-electron chi connectivity index (χ3n) is 4.58. The number of nitrogens with one attached hydrogen (secondary N) is 1. The van der Waals surface area contributed by atoms with E-state index < -0.39 is 20.4 Å². The quantitative estimate of drug-likeness (QED) is 0.508. The Hall–Kier alpha value is -2.72. The summed E-state index contributed by atoms with van der Waals surface area (Å²) in [5.41, 5.74) is 0.775. The van der Waals surface area contributed by atoms with Gasteiger partial charge in [-0.2, -0.15) is 5.10 Å². The van der Waals surface area contributed by atoms with Crippen LogP contribution in [0.15, 0.2) is 52.3 Å². The minimum atomic E-state index is -3.51. The van der Waals surface area contributed by atoms with Crippen LogP contribution in [0.1, 0.15) is 19.7 Å². The van der Waals surface area contributed by atoms with E-state index in [1.807, 2.05) is 12.1 Å². The maximum Gasteiger partial charge on any atom is 0.181 e. The van der Waals surface area contributed by atoms with E-state index in [-0.39, 0.29) is 22.0 Å². The van der Waals surface area contributed by atoms with Gasteiger partial charge in [0.1, 0.15) is 17.4 Å². The fourth-order valence-corrected chi connectivity index (χ4v) is 4.40. The monoisotopic (exact) mass is 463 g/mol. The highest BCUT2D eigenvalue weighted by molar-refractivity contribution is 8.01. The predicted octanol–water partition coefficient (Wildman–Crippen LogP) is 3.71. The number of sulfone groups is 1. The van der Waals surface area contributed by atoms with Crippen molar-refractivity contribution in [3.05, 3.63) is 54.1 Å². The molecule has 0 spiro atoms. The van der Waals surface area contributed by atoms with Crippen molar-refractivity contribution in [1.29, 1.82) is 0 Å². The number of rotatable bonds is 8. The number of ether oxygens (including phenoxy) is 1. The molecule has 0 bridgehead atoms. The molecule has 0 saturated carbocycles. The summed E-state index contributed by atoms with van der Waals surface area (Å²) in [5.74, 6) is 0.706. The number of nitrogens with zero attached hydrogens (tertiary/aromatic N) is 2. The molecule has 0 atom stereocenters. The number of Topliss-reactive ketones (excluding diaryl/α,β-unsaturated/α-hetero) is 1.